The molecule has 3 atom stereocenters. The fourth-order valence-electron chi connectivity index (χ4n) is 4.80. The fourth-order valence-corrected chi connectivity index (χ4v) is 5.37. The van der Waals surface area contributed by atoms with E-state index in [1.54, 1.807) is 0 Å². The van der Waals surface area contributed by atoms with Crippen LogP contribution in [0, 0.1) is 5.92 Å². The smallest absolute Gasteiger partial charge is 0.290 e. The molecule has 2 aromatic rings. The van der Waals surface area contributed by atoms with E-state index in [-0.39, 0.29) is 24.9 Å². The van der Waals surface area contributed by atoms with Crippen molar-refractivity contribution in [3.63, 3.8) is 0 Å². The standard InChI is InChI=1S/C26H30BrN3O3/c1-14(2)28-26(29-15(3)4)33-16-8-9-22-19(10-16)17-6-5-7-18(17)25(30-22)20-11-23-24(12-21(20)27)32-13-31-23/h5-6,8-12,14-15,17-18,25,30H,7,13H2,1-4H3,(H,28,29)/t17-,18+,25-/m1/s1. The van der Waals surface area contributed by atoms with Gasteiger partial charge in [-0.05, 0) is 81.5 Å². The largest absolute Gasteiger partial charge is 0.454 e. The zero-order valence-corrected chi connectivity index (χ0v) is 21.0. The number of benzene rings is 2. The minimum Gasteiger partial charge on any atom is -0.454 e. The molecule has 3 aliphatic rings. The number of anilines is 1. The Labute approximate surface area is 203 Å². The number of nitrogens with one attached hydrogen (secondary N) is 2. The second kappa shape index (κ2) is 8.93. The van der Waals surface area contributed by atoms with Crippen molar-refractivity contribution in [1.29, 1.82) is 0 Å². The van der Waals surface area contributed by atoms with Gasteiger partial charge in [-0.15, -0.1) is 0 Å². The Morgan fingerprint density at radius 1 is 1.12 bits per heavy atom. The summed E-state index contributed by atoms with van der Waals surface area (Å²) in [6.07, 6.45) is 5.64. The molecule has 0 spiro atoms. The first-order chi connectivity index (χ1) is 15.9. The van der Waals surface area contributed by atoms with Gasteiger partial charge in [0.25, 0.3) is 6.02 Å². The van der Waals surface area contributed by atoms with Crippen LogP contribution in [0.2, 0.25) is 0 Å². The third-order valence-corrected chi connectivity index (χ3v) is 6.85. The summed E-state index contributed by atoms with van der Waals surface area (Å²) in [5.41, 5.74) is 3.58. The molecule has 2 heterocycles. The van der Waals surface area contributed by atoms with Gasteiger partial charge in [0.1, 0.15) is 5.75 Å². The molecule has 6 nitrogen and oxygen atoms in total. The van der Waals surface area contributed by atoms with Crippen molar-refractivity contribution in [2.24, 2.45) is 10.9 Å². The van der Waals surface area contributed by atoms with Crippen molar-refractivity contribution in [1.82, 2.24) is 5.32 Å². The fraction of sp³-hybridized carbons (Fsp3) is 0.423. The van der Waals surface area contributed by atoms with Gasteiger partial charge in [-0.2, -0.15) is 0 Å². The van der Waals surface area contributed by atoms with Gasteiger partial charge in [0.05, 0.1) is 6.04 Å². The molecule has 174 valence electrons. The second-order valence-corrected chi connectivity index (χ2v) is 10.2. The predicted molar refractivity (Wildman–Crippen MR) is 135 cm³/mol. The van der Waals surface area contributed by atoms with Crippen molar-refractivity contribution in [2.45, 2.75) is 58.2 Å². The van der Waals surface area contributed by atoms with Gasteiger partial charge in [-0.3, -0.25) is 0 Å². The summed E-state index contributed by atoms with van der Waals surface area (Å²) < 4.78 is 18.4. The van der Waals surface area contributed by atoms with Gasteiger partial charge in [-0.25, -0.2) is 4.99 Å². The van der Waals surface area contributed by atoms with E-state index in [1.165, 1.54) is 11.1 Å². The first kappa shape index (κ1) is 22.1. The average Bonchev–Trinajstić information content (AvgIpc) is 3.41. The molecule has 2 aromatic carbocycles. The molecule has 0 aromatic heterocycles. The quantitative estimate of drug-likeness (QED) is 0.293. The molecule has 0 fully saturated rings. The summed E-state index contributed by atoms with van der Waals surface area (Å²) in [4.78, 5) is 4.61. The second-order valence-electron chi connectivity index (χ2n) is 9.38. The number of halogens is 1. The van der Waals surface area contributed by atoms with Crippen LogP contribution in [0.1, 0.15) is 57.2 Å². The van der Waals surface area contributed by atoms with Crippen molar-refractivity contribution >= 4 is 27.6 Å². The van der Waals surface area contributed by atoms with Crippen LogP contribution in [-0.4, -0.2) is 24.9 Å². The maximum Gasteiger partial charge on any atom is 0.290 e. The molecule has 2 N–H and O–H groups in total. The van der Waals surface area contributed by atoms with Crippen LogP contribution >= 0.6 is 15.9 Å². The van der Waals surface area contributed by atoms with E-state index in [0.29, 0.717) is 17.9 Å². The Kier molecular flexibility index (Phi) is 5.99. The highest BCUT2D eigenvalue weighted by molar-refractivity contribution is 9.10. The first-order valence-corrected chi connectivity index (χ1v) is 12.4. The van der Waals surface area contributed by atoms with Crippen LogP contribution in [0.25, 0.3) is 0 Å². The molecule has 0 bridgehead atoms. The van der Waals surface area contributed by atoms with Crippen LogP contribution in [-0.2, 0) is 0 Å². The summed E-state index contributed by atoms with van der Waals surface area (Å²) in [7, 11) is 0. The van der Waals surface area contributed by atoms with Crippen molar-refractivity contribution in [2.75, 3.05) is 12.1 Å². The number of hydrogen-bond donors (Lipinski definition) is 2. The molecule has 0 saturated carbocycles. The number of allylic oxidation sites excluding steroid dienone is 2. The summed E-state index contributed by atoms with van der Waals surface area (Å²) in [5.74, 6) is 3.11. The molecule has 2 aliphatic heterocycles. The predicted octanol–water partition coefficient (Wildman–Crippen LogP) is 6.15. The molecular formula is C26H30BrN3O3. The zero-order chi connectivity index (χ0) is 23.1. The maximum atomic E-state index is 6.18. The number of amidine groups is 1. The van der Waals surface area contributed by atoms with E-state index in [4.69, 9.17) is 14.2 Å². The van der Waals surface area contributed by atoms with Gasteiger partial charge in [0, 0.05) is 28.2 Å². The summed E-state index contributed by atoms with van der Waals surface area (Å²) in [6, 6.07) is 11.5. The molecule has 0 saturated heterocycles. The number of fused-ring (bicyclic) bond motifs is 4. The number of rotatable bonds is 4. The number of aliphatic imine (C=N–C) groups is 1. The summed E-state index contributed by atoms with van der Waals surface area (Å²) >= 11 is 3.76. The van der Waals surface area contributed by atoms with E-state index in [9.17, 15) is 0 Å². The minimum absolute atomic E-state index is 0.147. The normalized spacial score (nSPS) is 22.9. The maximum absolute atomic E-state index is 6.18. The highest BCUT2D eigenvalue weighted by Gasteiger charge is 2.39. The number of hydrogen-bond acceptors (Lipinski definition) is 5. The lowest BCUT2D eigenvalue weighted by molar-refractivity contribution is 0.174. The van der Waals surface area contributed by atoms with Gasteiger partial charge < -0.3 is 24.8 Å². The van der Waals surface area contributed by atoms with Gasteiger partial charge in [-0.1, -0.05) is 28.1 Å². The lowest BCUT2D eigenvalue weighted by atomic mass is 9.77. The first-order valence-electron chi connectivity index (χ1n) is 11.6. The van der Waals surface area contributed by atoms with E-state index in [0.717, 1.165) is 33.8 Å². The van der Waals surface area contributed by atoms with Crippen molar-refractivity contribution < 1.29 is 14.2 Å². The molecular weight excluding hydrogens is 482 g/mol. The van der Waals surface area contributed by atoms with Crippen LogP contribution in [0.15, 0.2) is 51.9 Å². The highest BCUT2D eigenvalue weighted by Crippen LogP contribution is 2.52. The molecule has 7 heteroatoms. The number of ether oxygens (including phenoxy) is 3. The highest BCUT2D eigenvalue weighted by atomic mass is 79.9. The van der Waals surface area contributed by atoms with Crippen LogP contribution in [0.4, 0.5) is 5.69 Å². The third kappa shape index (κ3) is 4.43. The lowest BCUT2D eigenvalue weighted by Gasteiger charge is -2.38. The Balaban J connectivity index is 1.45. The molecule has 0 unspecified atom stereocenters. The van der Waals surface area contributed by atoms with Crippen LogP contribution < -0.4 is 24.8 Å². The minimum atomic E-state index is 0.147. The Bertz CT molecular complexity index is 1110. The van der Waals surface area contributed by atoms with Crippen molar-refractivity contribution in [3.05, 3.63) is 58.1 Å². The molecule has 0 amide bonds. The Hall–Kier alpha value is -2.67. The van der Waals surface area contributed by atoms with E-state index in [2.05, 4.69) is 75.8 Å². The monoisotopic (exact) mass is 511 g/mol. The van der Waals surface area contributed by atoms with Gasteiger partial charge in [0.2, 0.25) is 6.79 Å². The average molecular weight is 512 g/mol. The van der Waals surface area contributed by atoms with Gasteiger partial charge in [0.15, 0.2) is 11.5 Å². The Morgan fingerprint density at radius 3 is 2.67 bits per heavy atom. The van der Waals surface area contributed by atoms with Crippen LogP contribution in [0.5, 0.6) is 17.2 Å². The van der Waals surface area contributed by atoms with E-state index in [1.807, 2.05) is 26.0 Å². The zero-order valence-electron chi connectivity index (χ0n) is 19.4. The topological polar surface area (TPSA) is 64.1 Å². The molecule has 1 aliphatic carbocycles. The molecule has 5 rings (SSSR count). The molecule has 33 heavy (non-hydrogen) atoms. The molecule has 0 radical (unpaired) electrons. The summed E-state index contributed by atoms with van der Waals surface area (Å²) in [6.45, 7) is 8.53. The van der Waals surface area contributed by atoms with E-state index >= 15 is 0 Å². The SMILES string of the molecule is CC(C)N=C(NC(C)C)Oc1ccc2c(c1)[C@@H]1C=CC[C@@H]1[C@H](c1cc3c(cc1Br)OCO3)N2. The number of nitrogens with zero attached hydrogens (tertiary/aromatic N) is 1. The third-order valence-electron chi connectivity index (χ3n) is 6.16. The summed E-state index contributed by atoms with van der Waals surface area (Å²) in [5, 5.41) is 7.11. The lowest BCUT2D eigenvalue weighted by Crippen LogP contribution is -2.35. The van der Waals surface area contributed by atoms with Crippen molar-refractivity contribution in [3.8, 4) is 17.2 Å². The van der Waals surface area contributed by atoms with E-state index < -0.39 is 0 Å². The van der Waals surface area contributed by atoms with Gasteiger partial charge >= 0.3 is 0 Å². The van der Waals surface area contributed by atoms with Crippen LogP contribution in [0.3, 0.4) is 0 Å². The Morgan fingerprint density at radius 2 is 1.91 bits per heavy atom.